The second kappa shape index (κ2) is 4.55. The number of nitriles is 1. The fourth-order valence-electron chi connectivity index (χ4n) is 1.36. The molecule has 0 bridgehead atoms. The van der Waals surface area contributed by atoms with Crippen LogP contribution in [0.5, 0.6) is 0 Å². The first-order chi connectivity index (χ1) is 8.60. The Kier molecular flexibility index (Phi) is 2.93. The van der Waals surface area contributed by atoms with Crippen molar-refractivity contribution < 1.29 is 4.79 Å². The molecule has 0 aliphatic carbocycles. The van der Waals surface area contributed by atoms with Crippen LogP contribution < -0.4 is 11.0 Å². The molecule has 2 aromatic rings. The standard InChI is InChI=1S/C11H9N5O2/c1-16-11(18)14-9(15-16)10(17)13-8-4-2-3-7(5-8)6-12/h2-5H,1H3,(H,13,17)(H,14,15,18). The number of H-pyrrole nitrogens is 1. The molecule has 90 valence electrons. The number of anilines is 1. The lowest BCUT2D eigenvalue weighted by molar-refractivity contribution is 0.101. The van der Waals surface area contributed by atoms with E-state index in [4.69, 9.17) is 5.26 Å². The zero-order valence-corrected chi connectivity index (χ0v) is 9.47. The average molecular weight is 243 g/mol. The second-order valence-electron chi connectivity index (χ2n) is 3.55. The van der Waals surface area contributed by atoms with Crippen LogP contribution in [0.4, 0.5) is 5.69 Å². The third kappa shape index (κ3) is 2.27. The summed E-state index contributed by atoms with van der Waals surface area (Å²) in [4.78, 5) is 25.2. The molecule has 1 aromatic heterocycles. The fraction of sp³-hybridized carbons (Fsp3) is 0.0909. The summed E-state index contributed by atoms with van der Waals surface area (Å²) in [5.41, 5.74) is 0.429. The third-order valence-corrected chi connectivity index (χ3v) is 2.23. The van der Waals surface area contributed by atoms with Crippen molar-refractivity contribution in [3.05, 3.63) is 46.1 Å². The molecule has 0 saturated heterocycles. The Morgan fingerprint density at radius 2 is 2.33 bits per heavy atom. The van der Waals surface area contributed by atoms with Gasteiger partial charge in [0.25, 0.3) is 5.91 Å². The first-order valence-corrected chi connectivity index (χ1v) is 5.05. The minimum atomic E-state index is -0.539. The Morgan fingerprint density at radius 3 is 2.94 bits per heavy atom. The van der Waals surface area contributed by atoms with Crippen molar-refractivity contribution in [2.24, 2.45) is 7.05 Å². The third-order valence-electron chi connectivity index (χ3n) is 2.23. The van der Waals surface area contributed by atoms with Crippen molar-refractivity contribution >= 4 is 11.6 Å². The van der Waals surface area contributed by atoms with E-state index in [9.17, 15) is 9.59 Å². The summed E-state index contributed by atoms with van der Waals surface area (Å²) in [6, 6.07) is 8.40. The zero-order valence-electron chi connectivity index (χ0n) is 9.47. The van der Waals surface area contributed by atoms with E-state index in [2.05, 4.69) is 15.4 Å². The smallest absolute Gasteiger partial charge is 0.319 e. The molecule has 18 heavy (non-hydrogen) atoms. The topological polar surface area (TPSA) is 104 Å². The van der Waals surface area contributed by atoms with Gasteiger partial charge in [-0.05, 0) is 18.2 Å². The maximum Gasteiger partial charge on any atom is 0.343 e. The number of aryl methyl sites for hydroxylation is 1. The lowest BCUT2D eigenvalue weighted by Gasteiger charge is -2.02. The van der Waals surface area contributed by atoms with E-state index in [1.807, 2.05) is 6.07 Å². The number of rotatable bonds is 2. The molecule has 0 aliphatic heterocycles. The summed E-state index contributed by atoms with van der Waals surface area (Å²) in [5.74, 6) is -0.618. The normalized spacial score (nSPS) is 9.78. The number of amides is 1. The molecule has 0 radical (unpaired) electrons. The van der Waals surface area contributed by atoms with Gasteiger partial charge in [0.2, 0.25) is 5.82 Å². The fourth-order valence-corrected chi connectivity index (χ4v) is 1.36. The number of hydrogen-bond acceptors (Lipinski definition) is 4. The van der Waals surface area contributed by atoms with Gasteiger partial charge in [0, 0.05) is 12.7 Å². The molecule has 0 saturated carbocycles. The Balaban J connectivity index is 2.21. The maximum absolute atomic E-state index is 11.7. The summed E-state index contributed by atoms with van der Waals surface area (Å²) >= 11 is 0. The van der Waals surface area contributed by atoms with Crippen LogP contribution in [-0.4, -0.2) is 20.7 Å². The van der Waals surface area contributed by atoms with Crippen molar-refractivity contribution in [3.63, 3.8) is 0 Å². The van der Waals surface area contributed by atoms with Crippen LogP contribution in [0.2, 0.25) is 0 Å². The largest absolute Gasteiger partial charge is 0.343 e. The number of nitrogens with one attached hydrogen (secondary N) is 2. The van der Waals surface area contributed by atoms with E-state index in [0.29, 0.717) is 11.3 Å². The van der Waals surface area contributed by atoms with Crippen LogP contribution in [0.15, 0.2) is 29.1 Å². The molecule has 0 unspecified atom stereocenters. The predicted molar refractivity (Wildman–Crippen MR) is 62.9 cm³/mol. The van der Waals surface area contributed by atoms with Crippen molar-refractivity contribution in [2.75, 3.05) is 5.32 Å². The van der Waals surface area contributed by atoms with E-state index in [-0.39, 0.29) is 5.82 Å². The van der Waals surface area contributed by atoms with E-state index >= 15 is 0 Å². The van der Waals surface area contributed by atoms with Crippen LogP contribution >= 0.6 is 0 Å². The molecule has 0 aliphatic rings. The van der Waals surface area contributed by atoms with Gasteiger partial charge in [-0.3, -0.25) is 9.78 Å². The van der Waals surface area contributed by atoms with Crippen LogP contribution in [0.25, 0.3) is 0 Å². The molecular formula is C11H9N5O2. The summed E-state index contributed by atoms with van der Waals surface area (Å²) in [7, 11) is 1.44. The Bertz CT molecular complexity index is 692. The SMILES string of the molecule is Cn1nc(C(=O)Nc2cccc(C#N)c2)[nH]c1=O. The molecule has 1 heterocycles. The van der Waals surface area contributed by atoms with Gasteiger partial charge in [0.1, 0.15) is 0 Å². The Labute approximate surface area is 102 Å². The minimum Gasteiger partial charge on any atom is -0.319 e. The highest BCUT2D eigenvalue weighted by Gasteiger charge is 2.11. The van der Waals surface area contributed by atoms with Crippen molar-refractivity contribution in [1.82, 2.24) is 14.8 Å². The van der Waals surface area contributed by atoms with Crippen molar-refractivity contribution in [3.8, 4) is 6.07 Å². The highest BCUT2D eigenvalue weighted by atomic mass is 16.2. The van der Waals surface area contributed by atoms with Crippen LogP contribution in [-0.2, 0) is 7.05 Å². The first kappa shape index (κ1) is 11.6. The van der Waals surface area contributed by atoms with Gasteiger partial charge in [-0.2, -0.15) is 5.26 Å². The summed E-state index contributed by atoms with van der Waals surface area (Å²) in [6.07, 6.45) is 0. The van der Waals surface area contributed by atoms with Gasteiger partial charge in [-0.1, -0.05) is 6.07 Å². The van der Waals surface area contributed by atoms with E-state index < -0.39 is 11.6 Å². The number of benzene rings is 1. The molecular weight excluding hydrogens is 234 g/mol. The highest BCUT2D eigenvalue weighted by Crippen LogP contribution is 2.10. The lowest BCUT2D eigenvalue weighted by Crippen LogP contribution is -2.15. The molecule has 2 rings (SSSR count). The Morgan fingerprint density at radius 1 is 1.56 bits per heavy atom. The predicted octanol–water partition coefficient (Wildman–Crippen LogP) is 0.232. The lowest BCUT2D eigenvalue weighted by atomic mass is 10.2. The monoisotopic (exact) mass is 243 g/mol. The molecule has 0 atom stereocenters. The molecule has 7 nitrogen and oxygen atoms in total. The number of aromatic nitrogens is 3. The van der Waals surface area contributed by atoms with Crippen molar-refractivity contribution in [2.45, 2.75) is 0 Å². The summed E-state index contributed by atoms with van der Waals surface area (Å²) in [6.45, 7) is 0. The molecule has 0 spiro atoms. The number of hydrogen-bond donors (Lipinski definition) is 2. The van der Waals surface area contributed by atoms with Crippen LogP contribution in [0.1, 0.15) is 16.2 Å². The number of carbonyl (C=O) groups is 1. The van der Waals surface area contributed by atoms with E-state index in [1.54, 1.807) is 18.2 Å². The molecule has 1 amide bonds. The van der Waals surface area contributed by atoms with Gasteiger partial charge >= 0.3 is 5.69 Å². The number of aromatic amines is 1. The van der Waals surface area contributed by atoms with Gasteiger partial charge < -0.3 is 5.32 Å². The van der Waals surface area contributed by atoms with Crippen molar-refractivity contribution in [1.29, 1.82) is 5.26 Å². The van der Waals surface area contributed by atoms with Gasteiger partial charge in [-0.25, -0.2) is 9.48 Å². The molecule has 7 heteroatoms. The number of nitrogens with zero attached hydrogens (tertiary/aromatic N) is 3. The maximum atomic E-state index is 11.7. The van der Waals surface area contributed by atoms with E-state index in [0.717, 1.165) is 4.68 Å². The molecule has 1 aromatic carbocycles. The van der Waals surface area contributed by atoms with Crippen LogP contribution in [0, 0.1) is 11.3 Å². The number of carbonyl (C=O) groups excluding carboxylic acids is 1. The quantitative estimate of drug-likeness (QED) is 0.787. The van der Waals surface area contributed by atoms with Crippen LogP contribution in [0.3, 0.4) is 0 Å². The first-order valence-electron chi connectivity index (χ1n) is 5.05. The van der Waals surface area contributed by atoms with Gasteiger partial charge in [0.15, 0.2) is 0 Å². The average Bonchev–Trinajstić information content (AvgIpc) is 2.70. The molecule has 2 N–H and O–H groups in total. The zero-order chi connectivity index (χ0) is 13.1. The highest BCUT2D eigenvalue weighted by molar-refractivity contribution is 6.01. The van der Waals surface area contributed by atoms with Gasteiger partial charge in [-0.15, -0.1) is 5.10 Å². The van der Waals surface area contributed by atoms with E-state index in [1.165, 1.54) is 13.1 Å². The Hall–Kier alpha value is -2.88. The second-order valence-corrected chi connectivity index (χ2v) is 3.55. The summed E-state index contributed by atoms with van der Waals surface area (Å²) < 4.78 is 1.03. The minimum absolute atomic E-state index is 0.0788. The molecule has 0 fully saturated rings. The van der Waals surface area contributed by atoms with Gasteiger partial charge in [0.05, 0.1) is 11.6 Å². The summed E-state index contributed by atoms with van der Waals surface area (Å²) in [5, 5.41) is 15.0.